The number of carbonyl (C=O) groups is 1. The fraction of sp³-hybridized carbons (Fsp3) is 0.462. The predicted molar refractivity (Wildman–Crippen MR) is 79.7 cm³/mol. The lowest BCUT2D eigenvalue weighted by molar-refractivity contribution is -0.127. The summed E-state index contributed by atoms with van der Waals surface area (Å²) in [7, 11) is 0. The number of hydrogen-bond donors (Lipinski definition) is 3. The Morgan fingerprint density at radius 3 is 2.48 bits per heavy atom. The van der Waals surface area contributed by atoms with Gasteiger partial charge in [-0.15, -0.1) is 11.3 Å². The van der Waals surface area contributed by atoms with Crippen LogP contribution in [0, 0.1) is 25.2 Å². The van der Waals surface area contributed by atoms with Gasteiger partial charge in [-0.1, -0.05) is 0 Å². The molecular weight excluding hydrogens is 292 g/mol. The highest BCUT2D eigenvalue weighted by atomic mass is 32.1. The zero-order valence-corrected chi connectivity index (χ0v) is 12.8. The van der Waals surface area contributed by atoms with Gasteiger partial charge in [0, 0.05) is 24.2 Å². The van der Waals surface area contributed by atoms with Crippen LogP contribution in [-0.2, 0) is 4.79 Å². The van der Waals surface area contributed by atoms with Gasteiger partial charge in [-0.05, 0) is 13.8 Å². The summed E-state index contributed by atoms with van der Waals surface area (Å²) in [6.45, 7) is 3.47. The molecule has 8 heteroatoms. The van der Waals surface area contributed by atoms with Crippen LogP contribution < -0.4 is 5.32 Å². The minimum Gasteiger partial charge on any atom is -0.395 e. The second-order valence-corrected chi connectivity index (χ2v) is 5.42. The maximum atomic E-state index is 12.1. The molecule has 0 saturated carbocycles. The van der Waals surface area contributed by atoms with Gasteiger partial charge in [0.2, 0.25) is 0 Å². The number of nitrogens with one attached hydrogen (secondary N) is 1. The molecule has 0 aromatic carbocycles. The zero-order chi connectivity index (χ0) is 15.8. The quantitative estimate of drug-likeness (QED) is 0.496. The van der Waals surface area contributed by atoms with Crippen molar-refractivity contribution in [2.24, 2.45) is 0 Å². The third-order valence-corrected chi connectivity index (χ3v) is 3.75. The van der Waals surface area contributed by atoms with Crippen LogP contribution in [0.2, 0.25) is 0 Å². The van der Waals surface area contributed by atoms with E-state index in [-0.39, 0.29) is 31.9 Å². The number of anilines is 1. The summed E-state index contributed by atoms with van der Waals surface area (Å²) in [6.07, 6.45) is 1.29. The molecule has 1 heterocycles. The predicted octanol–water partition coefficient (Wildman–Crippen LogP) is 0.393. The van der Waals surface area contributed by atoms with Gasteiger partial charge in [-0.3, -0.25) is 4.79 Å². The molecule has 1 aromatic rings. The van der Waals surface area contributed by atoms with Gasteiger partial charge in [0.15, 0.2) is 5.13 Å². The summed E-state index contributed by atoms with van der Waals surface area (Å²) < 4.78 is 0. The van der Waals surface area contributed by atoms with Crippen LogP contribution in [0.3, 0.4) is 0 Å². The number of aliphatic hydroxyl groups is 2. The third kappa shape index (κ3) is 4.82. The van der Waals surface area contributed by atoms with Gasteiger partial charge in [-0.2, -0.15) is 5.26 Å². The normalized spacial score (nSPS) is 11.1. The minimum absolute atomic E-state index is 0.0634. The first-order valence-corrected chi connectivity index (χ1v) is 7.17. The van der Waals surface area contributed by atoms with E-state index in [0.29, 0.717) is 5.13 Å². The van der Waals surface area contributed by atoms with Gasteiger partial charge in [-0.25, -0.2) is 4.98 Å². The molecule has 7 nitrogen and oxygen atoms in total. The van der Waals surface area contributed by atoms with Gasteiger partial charge >= 0.3 is 0 Å². The topological polar surface area (TPSA) is 109 Å². The molecule has 1 amide bonds. The van der Waals surface area contributed by atoms with Crippen LogP contribution in [0.1, 0.15) is 10.6 Å². The summed E-state index contributed by atoms with van der Waals surface area (Å²) in [5.41, 5.74) is 0.783. The van der Waals surface area contributed by atoms with Crippen molar-refractivity contribution in [3.8, 4) is 6.07 Å². The van der Waals surface area contributed by atoms with E-state index in [2.05, 4.69) is 10.3 Å². The van der Waals surface area contributed by atoms with E-state index in [1.54, 1.807) is 0 Å². The fourth-order valence-corrected chi connectivity index (χ4v) is 2.32. The number of amides is 1. The monoisotopic (exact) mass is 310 g/mol. The van der Waals surface area contributed by atoms with Crippen molar-refractivity contribution >= 4 is 22.4 Å². The Hall–Kier alpha value is -1.95. The van der Waals surface area contributed by atoms with Gasteiger partial charge in [0.1, 0.15) is 11.6 Å². The summed E-state index contributed by atoms with van der Waals surface area (Å²) >= 11 is 1.43. The van der Waals surface area contributed by atoms with Crippen molar-refractivity contribution in [2.45, 2.75) is 13.8 Å². The number of hydrogen-bond acceptors (Lipinski definition) is 7. The Bertz CT molecular complexity index is 537. The van der Waals surface area contributed by atoms with Crippen LogP contribution in [0.4, 0.5) is 5.13 Å². The summed E-state index contributed by atoms with van der Waals surface area (Å²) in [5, 5.41) is 30.3. The molecule has 0 radical (unpaired) electrons. The van der Waals surface area contributed by atoms with E-state index in [1.807, 2.05) is 19.9 Å². The molecule has 0 aliphatic heterocycles. The van der Waals surface area contributed by atoms with Gasteiger partial charge in [0.25, 0.3) is 5.91 Å². The van der Waals surface area contributed by atoms with E-state index in [4.69, 9.17) is 15.5 Å². The lowest BCUT2D eigenvalue weighted by Gasteiger charge is -2.19. The molecule has 1 aromatic heterocycles. The number of carbonyl (C=O) groups excluding carboxylic acids is 1. The fourth-order valence-electron chi connectivity index (χ4n) is 1.54. The maximum absolute atomic E-state index is 12.1. The lowest BCUT2D eigenvalue weighted by atomic mass is 10.2. The number of thiazole rings is 1. The standard InChI is InChI=1S/C13H18N4O3S/c1-9-10(2)21-13(16-9)15-8-11(7-14)12(20)17(3-5-18)4-6-19/h8,18-19H,3-6H2,1-2H3,(H,15,16)/b11-8-. The van der Waals surface area contributed by atoms with Gasteiger partial charge < -0.3 is 20.4 Å². The van der Waals surface area contributed by atoms with E-state index in [1.165, 1.54) is 22.4 Å². The lowest BCUT2D eigenvalue weighted by Crippen LogP contribution is -2.36. The Kier molecular flexibility index (Phi) is 6.81. The molecular formula is C13H18N4O3S. The Balaban J connectivity index is 2.82. The molecule has 0 aliphatic carbocycles. The van der Waals surface area contributed by atoms with E-state index in [0.717, 1.165) is 10.6 Å². The Morgan fingerprint density at radius 2 is 2.05 bits per heavy atom. The number of nitrogens with zero attached hydrogens (tertiary/aromatic N) is 3. The highest BCUT2D eigenvalue weighted by molar-refractivity contribution is 7.15. The molecule has 1 rings (SSSR count). The molecule has 0 fully saturated rings. The number of aryl methyl sites for hydroxylation is 2. The second-order valence-electron chi connectivity index (χ2n) is 4.21. The van der Waals surface area contributed by atoms with E-state index < -0.39 is 5.91 Å². The third-order valence-electron chi connectivity index (χ3n) is 2.75. The average Bonchev–Trinajstić information content (AvgIpc) is 2.78. The van der Waals surface area contributed by atoms with Crippen LogP contribution in [0.25, 0.3) is 0 Å². The van der Waals surface area contributed by atoms with Crippen LogP contribution in [-0.4, -0.2) is 52.3 Å². The first-order chi connectivity index (χ1) is 10.0. The van der Waals surface area contributed by atoms with Crippen LogP contribution >= 0.6 is 11.3 Å². The summed E-state index contributed by atoms with van der Waals surface area (Å²) in [5.74, 6) is -0.543. The van der Waals surface area contributed by atoms with E-state index >= 15 is 0 Å². The number of aromatic nitrogens is 1. The van der Waals surface area contributed by atoms with E-state index in [9.17, 15) is 4.79 Å². The van der Waals surface area contributed by atoms with Crippen molar-refractivity contribution in [1.82, 2.24) is 9.88 Å². The van der Waals surface area contributed by atoms with Crippen molar-refractivity contribution in [3.63, 3.8) is 0 Å². The van der Waals surface area contributed by atoms with Crippen LogP contribution in [0.15, 0.2) is 11.8 Å². The minimum atomic E-state index is -0.543. The van der Waals surface area contributed by atoms with Crippen LogP contribution in [0.5, 0.6) is 0 Å². The molecule has 0 atom stereocenters. The van der Waals surface area contributed by atoms with Crippen molar-refractivity contribution in [1.29, 1.82) is 5.26 Å². The summed E-state index contributed by atoms with van der Waals surface area (Å²) in [4.78, 5) is 18.6. The maximum Gasteiger partial charge on any atom is 0.266 e. The molecule has 0 saturated heterocycles. The first-order valence-electron chi connectivity index (χ1n) is 6.35. The second kappa shape index (κ2) is 8.36. The number of aliphatic hydroxyl groups excluding tert-OH is 2. The first kappa shape index (κ1) is 17.1. The molecule has 3 N–H and O–H groups in total. The molecule has 0 bridgehead atoms. The zero-order valence-electron chi connectivity index (χ0n) is 12.0. The Labute approximate surface area is 127 Å². The average molecular weight is 310 g/mol. The highest BCUT2D eigenvalue weighted by Crippen LogP contribution is 2.21. The molecule has 21 heavy (non-hydrogen) atoms. The van der Waals surface area contributed by atoms with Gasteiger partial charge in [0.05, 0.1) is 18.9 Å². The largest absolute Gasteiger partial charge is 0.395 e. The number of nitriles is 1. The molecule has 0 aliphatic rings. The smallest absolute Gasteiger partial charge is 0.266 e. The Morgan fingerprint density at radius 1 is 1.43 bits per heavy atom. The SMILES string of the molecule is Cc1nc(N/C=C(/C#N)C(=O)N(CCO)CCO)sc1C. The highest BCUT2D eigenvalue weighted by Gasteiger charge is 2.17. The summed E-state index contributed by atoms with van der Waals surface area (Å²) in [6, 6.07) is 1.81. The van der Waals surface area contributed by atoms with Crippen molar-refractivity contribution in [3.05, 3.63) is 22.3 Å². The molecule has 114 valence electrons. The molecule has 0 unspecified atom stereocenters. The molecule has 0 spiro atoms. The van der Waals surface area contributed by atoms with Crippen molar-refractivity contribution in [2.75, 3.05) is 31.6 Å². The number of rotatable bonds is 7. The van der Waals surface area contributed by atoms with Crippen molar-refractivity contribution < 1.29 is 15.0 Å².